The van der Waals surface area contributed by atoms with Gasteiger partial charge in [-0.05, 0) is 135 Å². The van der Waals surface area contributed by atoms with Gasteiger partial charge < -0.3 is 53.0 Å². The average molecular weight is 1190 g/mol. The lowest BCUT2D eigenvalue weighted by molar-refractivity contribution is -0.366. The summed E-state index contributed by atoms with van der Waals surface area (Å²) in [4.78, 5) is 12.3. The fourth-order valence-corrected chi connectivity index (χ4v) is 10.8. The maximum Gasteiger partial charge on any atom is 0.422 e. The second-order valence-electron chi connectivity index (χ2n) is 19.7. The number of cyclic esters (lactones) is 1. The van der Waals surface area contributed by atoms with Crippen LogP contribution >= 0.6 is 39.1 Å². The Morgan fingerprint density at radius 2 is 1.18 bits per heavy atom. The van der Waals surface area contributed by atoms with E-state index >= 15 is 0 Å². The zero-order chi connectivity index (χ0) is 55.6. The van der Waals surface area contributed by atoms with E-state index in [0.717, 1.165) is 22.0 Å². The minimum atomic E-state index is -4.44. The van der Waals surface area contributed by atoms with Crippen molar-refractivity contribution >= 4 is 61.7 Å². The molecule has 2 saturated heterocycles. The Hall–Kier alpha value is -3.30. The Balaban J connectivity index is 0.000000252. The summed E-state index contributed by atoms with van der Waals surface area (Å²) in [5, 5.41) is 41.5. The molecule has 0 aliphatic carbocycles. The molecule has 4 N–H and O–H groups in total. The van der Waals surface area contributed by atoms with Gasteiger partial charge in [0, 0.05) is 33.1 Å². The van der Waals surface area contributed by atoms with Crippen LogP contribution in [0.1, 0.15) is 48.1 Å². The lowest BCUT2D eigenvalue weighted by Crippen LogP contribution is -2.64. The molecule has 9 atom stereocenters. The largest absolute Gasteiger partial charge is 0.484 e. The third-order valence-electron chi connectivity index (χ3n) is 11.4. The maximum atomic E-state index is 12.3. The van der Waals surface area contributed by atoms with Gasteiger partial charge in [-0.2, -0.15) is 26.3 Å². The average Bonchev–Trinajstić information content (AvgIpc) is 3.31. The quantitative estimate of drug-likeness (QED) is 0.0478. The fraction of sp³-hybridized carbons (Fsp3) is 0.510. The highest BCUT2D eigenvalue weighted by Crippen LogP contribution is 2.41. The highest BCUT2D eigenvalue weighted by atomic mass is 79.9. The van der Waals surface area contributed by atoms with E-state index in [1.165, 1.54) is 43.5 Å². The van der Waals surface area contributed by atoms with E-state index in [9.17, 15) is 51.6 Å². The van der Waals surface area contributed by atoms with Gasteiger partial charge in [0.1, 0.15) is 42.0 Å². The summed E-state index contributed by atoms with van der Waals surface area (Å²) < 4.78 is 112. The Morgan fingerprint density at radius 1 is 0.703 bits per heavy atom. The van der Waals surface area contributed by atoms with Crippen molar-refractivity contribution in [2.45, 2.75) is 133 Å². The molecule has 0 aromatic heterocycles. The van der Waals surface area contributed by atoms with Crippen molar-refractivity contribution in [3.63, 3.8) is 0 Å². The first-order valence-electron chi connectivity index (χ1n) is 23.5. The Labute approximate surface area is 448 Å². The van der Waals surface area contributed by atoms with Crippen LogP contribution in [0.2, 0.25) is 49.3 Å². The van der Waals surface area contributed by atoms with Crippen molar-refractivity contribution < 1.29 is 84.1 Å². The summed E-state index contributed by atoms with van der Waals surface area (Å²) in [5.74, 6) is -1.71. The normalized spacial score (nSPS) is 24.4. The number of alkyl halides is 6. The number of benzene rings is 4. The van der Waals surface area contributed by atoms with Crippen LogP contribution in [0.3, 0.4) is 0 Å². The molecule has 12 nitrogen and oxygen atoms in total. The van der Waals surface area contributed by atoms with Crippen LogP contribution in [0.15, 0.2) is 89.4 Å². The molecule has 6 rings (SSSR count). The summed E-state index contributed by atoms with van der Waals surface area (Å²) in [7, 11) is -2.33. The Kier molecular flexibility index (Phi) is 22.9. The van der Waals surface area contributed by atoms with E-state index < -0.39 is 85.1 Å². The van der Waals surface area contributed by atoms with Gasteiger partial charge in [0.15, 0.2) is 36.0 Å². The van der Waals surface area contributed by atoms with Gasteiger partial charge in [-0.3, -0.25) is 0 Å². The van der Waals surface area contributed by atoms with Gasteiger partial charge in [0.25, 0.3) is 0 Å². The standard InChI is InChI=1S/C22H24ClF3O7.C15H11BrClF3O.C14H30O4Si2/c1-31-22(20(30)19(29)18(28)17(10-27)33-22)14-4-7-16(23)13(9-14)8-12-2-5-15(6-3-12)32-11-21(24,25)26;16-12-3-6-14(17)11(8-12)7-10-1-4-13(5-2-10)21-9-15(18,19)20;1-9-11-10(2)12(17-19(3,4)5)13(14(15)16-11)18-20(6,7)8/h2-7,9,17-20,27-30H,8,10-11H2,1H3;1-6,8H,7,9H2;10-13H,9H2,1-8H3/t17-,18-,19+,20-,22?;;10-,11-,12+,13-/m1.1/s1. The number of hydrogen-bond acceptors (Lipinski definition) is 12. The van der Waals surface area contributed by atoms with E-state index in [2.05, 4.69) is 66.9 Å². The third-order valence-corrected chi connectivity index (χ3v) is 14.6. The van der Waals surface area contributed by atoms with Crippen molar-refractivity contribution in [1.82, 2.24) is 0 Å². The molecule has 0 amide bonds. The summed E-state index contributed by atoms with van der Waals surface area (Å²) in [6.07, 6.45) is -14.0. The number of methoxy groups -OCH3 is 1. The van der Waals surface area contributed by atoms with E-state index in [-0.39, 0.29) is 47.6 Å². The summed E-state index contributed by atoms with van der Waals surface area (Å²) in [5.41, 5.74) is 3.45. The molecule has 0 saturated carbocycles. The van der Waals surface area contributed by atoms with Crippen molar-refractivity contribution in [2.24, 2.45) is 5.92 Å². The highest BCUT2D eigenvalue weighted by molar-refractivity contribution is 9.10. The SMILES string of the molecule is CC[C@H]1OC(=O)[C@H](O[Si](C)(C)C)[C@@H](O[Si](C)(C)C)[C@@H]1C.COC1(c2ccc(Cl)c(Cc3ccc(OCC(F)(F)F)cc3)c2)O[C@H](CO)[C@@H](O)[C@H](O)[C@H]1O.FC(F)(F)COc1ccc(Cc2cc(Br)ccc2Cl)cc1. The van der Waals surface area contributed by atoms with Crippen molar-refractivity contribution in [3.8, 4) is 11.5 Å². The topological polar surface area (TPSA) is 163 Å². The zero-order valence-electron chi connectivity index (χ0n) is 42.4. The van der Waals surface area contributed by atoms with Crippen LogP contribution in [0.5, 0.6) is 11.5 Å². The molecule has 74 heavy (non-hydrogen) atoms. The number of carbonyl (C=O) groups is 1. The number of aliphatic hydroxyl groups excluding tert-OH is 4. The van der Waals surface area contributed by atoms with Gasteiger partial charge in [0.2, 0.25) is 5.79 Å². The van der Waals surface area contributed by atoms with Gasteiger partial charge >= 0.3 is 18.3 Å². The highest BCUT2D eigenvalue weighted by Gasteiger charge is 2.55. The lowest BCUT2D eigenvalue weighted by Gasteiger charge is -2.47. The van der Waals surface area contributed by atoms with Crippen LogP contribution in [-0.2, 0) is 46.5 Å². The fourth-order valence-electron chi connectivity index (χ4n) is 7.92. The second kappa shape index (κ2) is 26.8. The number of aliphatic hydroxyl groups is 4. The summed E-state index contributed by atoms with van der Waals surface area (Å²) in [6.45, 7) is 13.5. The monoisotopic (exact) mass is 1190 g/mol. The smallest absolute Gasteiger partial charge is 0.422 e. The van der Waals surface area contributed by atoms with Gasteiger partial charge in [-0.1, -0.05) is 83.3 Å². The number of rotatable bonds is 16. The van der Waals surface area contributed by atoms with Crippen LogP contribution in [0.25, 0.3) is 0 Å². The predicted molar refractivity (Wildman–Crippen MR) is 277 cm³/mol. The van der Waals surface area contributed by atoms with E-state index in [1.807, 2.05) is 19.1 Å². The van der Waals surface area contributed by atoms with Gasteiger partial charge in [-0.25, -0.2) is 4.79 Å². The van der Waals surface area contributed by atoms with E-state index in [0.29, 0.717) is 27.6 Å². The minimum Gasteiger partial charge on any atom is -0.484 e. The Bertz CT molecular complexity index is 2410. The summed E-state index contributed by atoms with van der Waals surface area (Å²) in [6, 6.07) is 22.7. The number of carbonyl (C=O) groups excluding carboxylic acids is 1. The first-order chi connectivity index (χ1) is 34.3. The molecular formula is C51H65BrCl2F6O12Si2. The van der Waals surface area contributed by atoms with E-state index in [1.54, 1.807) is 36.4 Å². The lowest BCUT2D eigenvalue weighted by atomic mass is 9.87. The second-order valence-corrected chi connectivity index (χ2v) is 30.4. The number of halogens is 9. The molecule has 0 spiro atoms. The molecule has 1 unspecified atom stereocenters. The number of esters is 1. The van der Waals surface area contributed by atoms with Crippen molar-refractivity contribution in [2.75, 3.05) is 26.9 Å². The van der Waals surface area contributed by atoms with Crippen molar-refractivity contribution in [1.29, 1.82) is 0 Å². The minimum absolute atomic E-state index is 0.0645. The predicted octanol–water partition coefficient (Wildman–Crippen LogP) is 11.2. The van der Waals surface area contributed by atoms with Crippen LogP contribution in [0, 0.1) is 5.92 Å². The molecule has 4 aromatic carbocycles. The number of hydrogen-bond donors (Lipinski definition) is 4. The zero-order valence-corrected chi connectivity index (χ0v) is 47.5. The maximum absolute atomic E-state index is 12.3. The van der Waals surface area contributed by atoms with Crippen molar-refractivity contribution in [3.05, 3.63) is 127 Å². The molecule has 2 aliphatic rings. The first-order valence-corrected chi connectivity index (χ1v) is 31.9. The third kappa shape index (κ3) is 19.0. The molecule has 2 aliphatic heterocycles. The van der Waals surface area contributed by atoms with Crippen LogP contribution < -0.4 is 9.47 Å². The molecule has 0 radical (unpaired) electrons. The Morgan fingerprint density at radius 3 is 1.61 bits per heavy atom. The molecular weight excluding hydrogens is 1130 g/mol. The first kappa shape index (κ1) is 63.2. The molecule has 2 fully saturated rings. The van der Waals surface area contributed by atoms with Crippen LogP contribution in [0.4, 0.5) is 26.3 Å². The van der Waals surface area contributed by atoms with Crippen LogP contribution in [-0.4, -0.2) is 125 Å². The van der Waals surface area contributed by atoms with Gasteiger partial charge in [0.05, 0.1) is 12.7 Å². The number of ether oxygens (including phenoxy) is 5. The molecule has 23 heteroatoms. The van der Waals surface area contributed by atoms with Gasteiger partial charge in [-0.15, -0.1) is 0 Å². The molecule has 0 bridgehead atoms. The van der Waals surface area contributed by atoms with E-state index in [4.69, 9.17) is 51.0 Å². The summed E-state index contributed by atoms with van der Waals surface area (Å²) >= 11 is 15.8. The molecule has 2 heterocycles. The molecule has 412 valence electrons. The molecule has 4 aromatic rings.